The van der Waals surface area contributed by atoms with Crippen LogP contribution in [-0.4, -0.2) is 28.3 Å². The van der Waals surface area contributed by atoms with Gasteiger partial charge in [-0.15, -0.1) is 0 Å². The molecule has 1 unspecified atom stereocenters. The van der Waals surface area contributed by atoms with Gasteiger partial charge in [0.15, 0.2) is 0 Å². The highest BCUT2D eigenvalue weighted by atomic mass is 16.2. The van der Waals surface area contributed by atoms with E-state index < -0.39 is 0 Å². The smallest absolute Gasteiger partial charge is 0.272 e. The van der Waals surface area contributed by atoms with Gasteiger partial charge in [0.05, 0.1) is 0 Å². The van der Waals surface area contributed by atoms with E-state index in [0.29, 0.717) is 12.2 Å². The minimum Gasteiger partial charge on any atom is -0.346 e. The summed E-state index contributed by atoms with van der Waals surface area (Å²) in [6.07, 6.45) is 0. The number of rotatable bonds is 3. The molecule has 5 nitrogen and oxygen atoms in total. The highest BCUT2D eigenvalue weighted by Crippen LogP contribution is 2.18. The summed E-state index contributed by atoms with van der Waals surface area (Å²) in [5.41, 5.74) is 7.01. The van der Waals surface area contributed by atoms with Gasteiger partial charge in [-0.1, -0.05) is 20.8 Å². The van der Waals surface area contributed by atoms with Gasteiger partial charge in [-0.05, 0) is 18.4 Å². The third-order valence-corrected chi connectivity index (χ3v) is 2.93. The van der Waals surface area contributed by atoms with Crippen molar-refractivity contribution < 1.29 is 4.79 Å². The topological polar surface area (TPSA) is 72.9 Å². The summed E-state index contributed by atoms with van der Waals surface area (Å²) in [6.45, 7) is 8.48. The number of nitrogens with two attached hydrogens (primary N) is 1. The Morgan fingerprint density at radius 3 is 2.53 bits per heavy atom. The van der Waals surface area contributed by atoms with Crippen LogP contribution in [0.5, 0.6) is 0 Å². The molecule has 0 aromatic carbocycles. The largest absolute Gasteiger partial charge is 0.346 e. The van der Waals surface area contributed by atoms with Crippen LogP contribution in [0.15, 0.2) is 6.07 Å². The maximum Gasteiger partial charge on any atom is 0.272 e. The van der Waals surface area contributed by atoms with Crippen LogP contribution < -0.4 is 11.1 Å². The van der Waals surface area contributed by atoms with Gasteiger partial charge in [0.2, 0.25) is 0 Å². The number of aromatic nitrogens is 2. The fourth-order valence-corrected chi connectivity index (χ4v) is 1.53. The molecule has 0 spiro atoms. The van der Waals surface area contributed by atoms with Gasteiger partial charge in [0.1, 0.15) is 5.69 Å². The molecule has 0 aliphatic carbocycles. The number of hydrogen-bond acceptors (Lipinski definition) is 3. The van der Waals surface area contributed by atoms with Crippen molar-refractivity contribution in [3.8, 4) is 0 Å². The fourth-order valence-electron chi connectivity index (χ4n) is 1.53. The molecule has 1 atom stereocenters. The number of nitrogens with zero attached hydrogens (tertiary/aromatic N) is 2. The Morgan fingerprint density at radius 1 is 1.59 bits per heavy atom. The average Bonchev–Trinajstić information content (AvgIpc) is 2.53. The number of carbonyl (C=O) groups excluding carboxylic acids is 1. The summed E-state index contributed by atoms with van der Waals surface area (Å²) in [4.78, 5) is 12.0. The zero-order valence-electron chi connectivity index (χ0n) is 11.2. The Morgan fingerprint density at radius 2 is 2.18 bits per heavy atom. The van der Waals surface area contributed by atoms with Crippen molar-refractivity contribution in [2.75, 3.05) is 6.54 Å². The molecule has 0 saturated carbocycles. The molecule has 1 heterocycles. The number of nitrogens with one attached hydrogen (secondary N) is 1. The van der Waals surface area contributed by atoms with Crippen molar-refractivity contribution in [1.29, 1.82) is 0 Å². The maximum absolute atomic E-state index is 12.0. The third kappa shape index (κ3) is 3.30. The lowest BCUT2D eigenvalue weighted by Crippen LogP contribution is -2.48. The van der Waals surface area contributed by atoms with Crippen LogP contribution in [0.1, 0.15) is 37.0 Å². The van der Waals surface area contributed by atoms with Gasteiger partial charge < -0.3 is 11.1 Å². The van der Waals surface area contributed by atoms with E-state index in [2.05, 4.69) is 31.2 Å². The quantitative estimate of drug-likeness (QED) is 0.819. The number of amides is 1. The van der Waals surface area contributed by atoms with Crippen LogP contribution in [0, 0.1) is 12.3 Å². The van der Waals surface area contributed by atoms with E-state index in [1.807, 2.05) is 14.0 Å². The molecule has 0 radical (unpaired) electrons. The molecule has 1 rings (SSSR count). The Labute approximate surface area is 102 Å². The minimum atomic E-state index is -0.168. The maximum atomic E-state index is 12.0. The summed E-state index contributed by atoms with van der Waals surface area (Å²) in [5, 5.41) is 7.07. The molecule has 1 amide bonds. The predicted octanol–water partition coefficient (Wildman–Crippen LogP) is 0.832. The molecule has 5 heteroatoms. The molecule has 17 heavy (non-hydrogen) atoms. The van der Waals surface area contributed by atoms with Gasteiger partial charge in [0.25, 0.3) is 5.91 Å². The van der Waals surface area contributed by atoms with Gasteiger partial charge >= 0.3 is 0 Å². The summed E-state index contributed by atoms with van der Waals surface area (Å²) in [7, 11) is 1.82. The van der Waals surface area contributed by atoms with E-state index in [1.165, 1.54) is 0 Å². The number of hydrogen-bond donors (Lipinski definition) is 2. The second kappa shape index (κ2) is 4.87. The van der Waals surface area contributed by atoms with E-state index in [-0.39, 0.29) is 17.4 Å². The first kappa shape index (κ1) is 13.7. The van der Waals surface area contributed by atoms with Crippen molar-refractivity contribution >= 4 is 5.91 Å². The highest BCUT2D eigenvalue weighted by molar-refractivity contribution is 5.92. The monoisotopic (exact) mass is 238 g/mol. The summed E-state index contributed by atoms with van der Waals surface area (Å²) >= 11 is 0. The van der Waals surface area contributed by atoms with Crippen molar-refractivity contribution in [3.05, 3.63) is 17.5 Å². The molecule has 1 aromatic rings. The van der Waals surface area contributed by atoms with Crippen molar-refractivity contribution in [2.45, 2.75) is 33.7 Å². The molecule has 1 aromatic heterocycles. The second-order valence-electron chi connectivity index (χ2n) is 5.42. The van der Waals surface area contributed by atoms with Crippen LogP contribution in [0.25, 0.3) is 0 Å². The Kier molecular flexibility index (Phi) is 3.93. The van der Waals surface area contributed by atoms with Crippen LogP contribution in [0.3, 0.4) is 0 Å². The van der Waals surface area contributed by atoms with E-state index in [1.54, 1.807) is 10.7 Å². The highest BCUT2D eigenvalue weighted by Gasteiger charge is 2.26. The average molecular weight is 238 g/mol. The molecule has 3 N–H and O–H groups in total. The molecular weight excluding hydrogens is 216 g/mol. The first-order valence-electron chi connectivity index (χ1n) is 5.77. The normalized spacial score (nSPS) is 13.5. The minimum absolute atomic E-state index is 0.0580. The summed E-state index contributed by atoms with van der Waals surface area (Å²) < 4.78 is 1.68. The number of aryl methyl sites for hydroxylation is 2. The molecule has 0 aliphatic rings. The van der Waals surface area contributed by atoms with Gasteiger partial charge in [0, 0.05) is 25.3 Å². The Hall–Kier alpha value is -1.36. The number of carbonyl (C=O) groups is 1. The molecule has 0 saturated heterocycles. The Bertz CT molecular complexity index is 384. The van der Waals surface area contributed by atoms with Gasteiger partial charge in [-0.3, -0.25) is 9.48 Å². The van der Waals surface area contributed by atoms with Crippen LogP contribution >= 0.6 is 0 Å². The SMILES string of the molecule is Cc1cc(C(=O)NC(CN)C(C)(C)C)nn1C. The molecular formula is C12H22N4O. The second-order valence-corrected chi connectivity index (χ2v) is 5.42. The Balaban J connectivity index is 2.78. The molecule has 0 aliphatic heterocycles. The zero-order valence-corrected chi connectivity index (χ0v) is 11.2. The standard InChI is InChI=1S/C12H22N4O/c1-8-6-9(15-16(8)5)11(17)14-10(7-13)12(2,3)4/h6,10H,7,13H2,1-5H3,(H,14,17). The summed E-state index contributed by atoms with van der Waals surface area (Å²) in [6, 6.07) is 1.71. The van der Waals surface area contributed by atoms with Crippen molar-refractivity contribution in [2.24, 2.45) is 18.2 Å². The molecule has 96 valence electrons. The van der Waals surface area contributed by atoms with Crippen LogP contribution in [0.4, 0.5) is 0 Å². The lowest BCUT2D eigenvalue weighted by Gasteiger charge is -2.30. The van der Waals surface area contributed by atoms with E-state index in [0.717, 1.165) is 5.69 Å². The molecule has 0 fully saturated rings. The lowest BCUT2D eigenvalue weighted by atomic mass is 9.87. The lowest BCUT2D eigenvalue weighted by molar-refractivity contribution is 0.0899. The first-order valence-corrected chi connectivity index (χ1v) is 5.77. The van der Waals surface area contributed by atoms with Crippen molar-refractivity contribution in [3.63, 3.8) is 0 Å². The van der Waals surface area contributed by atoms with Gasteiger partial charge in [-0.2, -0.15) is 5.10 Å². The van der Waals surface area contributed by atoms with Crippen LogP contribution in [-0.2, 0) is 7.05 Å². The van der Waals surface area contributed by atoms with Gasteiger partial charge in [-0.25, -0.2) is 0 Å². The predicted molar refractivity (Wildman–Crippen MR) is 67.7 cm³/mol. The fraction of sp³-hybridized carbons (Fsp3) is 0.667. The molecule has 0 bridgehead atoms. The van der Waals surface area contributed by atoms with E-state index >= 15 is 0 Å². The first-order chi connectivity index (χ1) is 7.75. The summed E-state index contributed by atoms with van der Waals surface area (Å²) in [5.74, 6) is -0.168. The van der Waals surface area contributed by atoms with Crippen LogP contribution in [0.2, 0.25) is 0 Å². The van der Waals surface area contributed by atoms with E-state index in [4.69, 9.17) is 5.73 Å². The van der Waals surface area contributed by atoms with Crippen molar-refractivity contribution in [1.82, 2.24) is 15.1 Å². The zero-order chi connectivity index (χ0) is 13.2. The third-order valence-electron chi connectivity index (χ3n) is 2.93. The van der Waals surface area contributed by atoms with E-state index in [9.17, 15) is 4.79 Å².